The Morgan fingerprint density at radius 1 is 1.24 bits per heavy atom. The molecule has 0 saturated heterocycles. The Morgan fingerprint density at radius 2 is 1.90 bits per heavy atom. The van der Waals surface area contributed by atoms with Gasteiger partial charge in [-0.2, -0.15) is 5.10 Å². The lowest BCUT2D eigenvalue weighted by Crippen LogP contribution is -2.25. The Kier molecular flexibility index (Phi) is 5.31. The summed E-state index contributed by atoms with van der Waals surface area (Å²) < 4.78 is 28.8. The van der Waals surface area contributed by atoms with Gasteiger partial charge in [-0.1, -0.05) is 25.4 Å². The van der Waals surface area contributed by atoms with Crippen LogP contribution in [0.1, 0.15) is 37.6 Å². The summed E-state index contributed by atoms with van der Waals surface area (Å²) >= 11 is 6.23. The van der Waals surface area contributed by atoms with Crippen LogP contribution in [0, 0.1) is 11.6 Å². The third-order valence-electron chi connectivity index (χ3n) is 3.17. The molecule has 0 saturated carbocycles. The highest BCUT2D eigenvalue weighted by Gasteiger charge is 2.22. The molecule has 21 heavy (non-hydrogen) atoms. The minimum absolute atomic E-state index is 0.401. The predicted octanol–water partition coefficient (Wildman–Crippen LogP) is 3.92. The summed E-state index contributed by atoms with van der Waals surface area (Å²) in [5.74, 6) is -1.21. The van der Waals surface area contributed by atoms with Crippen molar-refractivity contribution in [1.29, 1.82) is 0 Å². The molecule has 0 amide bonds. The monoisotopic (exact) mass is 313 g/mol. The van der Waals surface area contributed by atoms with Crippen molar-refractivity contribution < 1.29 is 8.78 Å². The first-order valence-corrected chi connectivity index (χ1v) is 7.35. The van der Waals surface area contributed by atoms with Crippen molar-refractivity contribution in [2.75, 3.05) is 6.54 Å². The van der Waals surface area contributed by atoms with Crippen LogP contribution in [0.25, 0.3) is 0 Å². The maximum Gasteiger partial charge on any atom is 0.126 e. The average molecular weight is 314 g/mol. The van der Waals surface area contributed by atoms with E-state index in [4.69, 9.17) is 11.6 Å². The average Bonchev–Trinajstić information content (AvgIpc) is 2.77. The van der Waals surface area contributed by atoms with Crippen molar-refractivity contribution in [3.05, 3.63) is 52.3 Å². The number of hydrogen-bond donors (Lipinski definition) is 1. The first kappa shape index (κ1) is 15.9. The molecule has 1 atom stereocenters. The van der Waals surface area contributed by atoms with Crippen molar-refractivity contribution >= 4 is 11.6 Å². The molecule has 6 heteroatoms. The molecular weight excluding hydrogens is 296 g/mol. The van der Waals surface area contributed by atoms with Gasteiger partial charge in [-0.15, -0.1) is 0 Å². The third kappa shape index (κ3) is 3.60. The van der Waals surface area contributed by atoms with Gasteiger partial charge in [0.25, 0.3) is 0 Å². The van der Waals surface area contributed by atoms with E-state index in [9.17, 15) is 8.78 Å². The molecule has 0 aliphatic carbocycles. The summed E-state index contributed by atoms with van der Waals surface area (Å²) in [5, 5.41) is 7.94. The second-order valence-corrected chi connectivity index (χ2v) is 5.20. The van der Waals surface area contributed by atoms with E-state index in [1.165, 1.54) is 12.1 Å². The summed E-state index contributed by atoms with van der Waals surface area (Å²) in [5.41, 5.74) is 1.22. The van der Waals surface area contributed by atoms with Crippen LogP contribution in [0.3, 0.4) is 0 Å². The van der Waals surface area contributed by atoms with E-state index in [1.807, 2.05) is 13.8 Å². The molecule has 1 N–H and O–H groups in total. The van der Waals surface area contributed by atoms with Crippen molar-refractivity contribution in [1.82, 2.24) is 15.1 Å². The number of halogens is 3. The van der Waals surface area contributed by atoms with Gasteiger partial charge in [-0.25, -0.2) is 8.78 Å². The van der Waals surface area contributed by atoms with Crippen LogP contribution < -0.4 is 5.32 Å². The maximum atomic E-state index is 13.5. The molecule has 0 radical (unpaired) electrons. The summed E-state index contributed by atoms with van der Waals surface area (Å²) in [6.45, 7) is 5.29. The Labute approximate surface area is 127 Å². The van der Waals surface area contributed by atoms with E-state index >= 15 is 0 Å². The van der Waals surface area contributed by atoms with Crippen LogP contribution in [0.4, 0.5) is 8.78 Å². The van der Waals surface area contributed by atoms with Gasteiger partial charge in [-0.05, 0) is 30.7 Å². The van der Waals surface area contributed by atoms with Gasteiger partial charge in [-0.3, -0.25) is 4.68 Å². The van der Waals surface area contributed by atoms with Gasteiger partial charge in [0.1, 0.15) is 11.6 Å². The number of benzene rings is 1. The van der Waals surface area contributed by atoms with E-state index in [0.717, 1.165) is 18.2 Å². The predicted molar refractivity (Wildman–Crippen MR) is 79.4 cm³/mol. The van der Waals surface area contributed by atoms with E-state index in [-0.39, 0.29) is 0 Å². The lowest BCUT2D eigenvalue weighted by atomic mass is 10.0. The fourth-order valence-electron chi connectivity index (χ4n) is 2.37. The lowest BCUT2D eigenvalue weighted by molar-refractivity contribution is 0.513. The molecule has 0 aliphatic rings. The molecule has 1 heterocycles. The summed E-state index contributed by atoms with van der Waals surface area (Å²) in [7, 11) is 0. The van der Waals surface area contributed by atoms with Crippen LogP contribution in [0.5, 0.6) is 0 Å². The van der Waals surface area contributed by atoms with Crippen LogP contribution in [0.2, 0.25) is 5.02 Å². The van der Waals surface area contributed by atoms with E-state index in [2.05, 4.69) is 10.4 Å². The van der Waals surface area contributed by atoms with Crippen LogP contribution in [-0.2, 0) is 6.54 Å². The number of rotatable bonds is 6. The Bertz CT molecular complexity index is 593. The highest BCUT2D eigenvalue weighted by Crippen LogP contribution is 2.29. The normalized spacial score (nSPS) is 12.6. The Hall–Kier alpha value is -1.46. The van der Waals surface area contributed by atoms with Crippen LogP contribution in [0.15, 0.2) is 24.4 Å². The number of aryl methyl sites for hydroxylation is 1. The minimum Gasteiger partial charge on any atom is -0.305 e. The molecule has 1 aromatic heterocycles. The van der Waals surface area contributed by atoms with E-state index < -0.39 is 17.7 Å². The maximum absolute atomic E-state index is 13.5. The highest BCUT2D eigenvalue weighted by atomic mass is 35.5. The zero-order chi connectivity index (χ0) is 15.4. The molecule has 0 aliphatic heterocycles. The minimum atomic E-state index is -0.606. The molecule has 1 unspecified atom stereocenters. The standard InChI is InChI=1S/C15H18ClF2N3/c1-3-5-21-15(13(16)9-20-21)14(19-4-2)10-6-11(17)8-12(18)7-10/h6-9,14,19H,3-5H2,1-2H3. The van der Waals surface area contributed by atoms with Crippen LogP contribution >= 0.6 is 11.6 Å². The summed E-state index contributed by atoms with van der Waals surface area (Å²) in [6, 6.07) is 3.09. The van der Waals surface area contributed by atoms with Gasteiger partial charge in [0.2, 0.25) is 0 Å². The molecule has 0 fully saturated rings. The summed E-state index contributed by atoms with van der Waals surface area (Å²) in [6.07, 6.45) is 2.45. The van der Waals surface area contributed by atoms with Crippen molar-refractivity contribution in [2.45, 2.75) is 32.9 Å². The Balaban J connectivity index is 2.50. The second kappa shape index (κ2) is 7.00. The van der Waals surface area contributed by atoms with Gasteiger partial charge < -0.3 is 5.32 Å². The fourth-order valence-corrected chi connectivity index (χ4v) is 2.62. The van der Waals surface area contributed by atoms with Gasteiger partial charge in [0.15, 0.2) is 0 Å². The first-order valence-electron chi connectivity index (χ1n) is 6.97. The summed E-state index contributed by atoms with van der Waals surface area (Å²) in [4.78, 5) is 0. The molecule has 114 valence electrons. The molecule has 0 bridgehead atoms. The molecule has 0 spiro atoms. The van der Waals surface area contributed by atoms with E-state index in [0.29, 0.717) is 23.7 Å². The zero-order valence-electron chi connectivity index (χ0n) is 12.0. The van der Waals surface area contributed by atoms with E-state index in [1.54, 1.807) is 10.9 Å². The highest BCUT2D eigenvalue weighted by molar-refractivity contribution is 6.31. The number of hydrogen-bond acceptors (Lipinski definition) is 2. The van der Waals surface area contributed by atoms with Gasteiger partial charge >= 0.3 is 0 Å². The quantitative estimate of drug-likeness (QED) is 0.876. The SMILES string of the molecule is CCCn1ncc(Cl)c1C(NCC)c1cc(F)cc(F)c1. The van der Waals surface area contributed by atoms with Gasteiger partial charge in [0, 0.05) is 12.6 Å². The van der Waals surface area contributed by atoms with Crippen molar-refractivity contribution in [3.63, 3.8) is 0 Å². The van der Waals surface area contributed by atoms with Crippen molar-refractivity contribution in [2.24, 2.45) is 0 Å². The number of aromatic nitrogens is 2. The van der Waals surface area contributed by atoms with Crippen molar-refractivity contribution in [3.8, 4) is 0 Å². The lowest BCUT2D eigenvalue weighted by Gasteiger charge is -2.20. The molecule has 2 rings (SSSR count). The number of nitrogens with one attached hydrogen (secondary N) is 1. The molecule has 1 aromatic carbocycles. The van der Waals surface area contributed by atoms with Gasteiger partial charge in [0.05, 0.1) is 23.0 Å². The second-order valence-electron chi connectivity index (χ2n) is 4.79. The zero-order valence-corrected chi connectivity index (χ0v) is 12.8. The molecular formula is C15H18ClF2N3. The largest absolute Gasteiger partial charge is 0.305 e. The Morgan fingerprint density at radius 3 is 2.48 bits per heavy atom. The number of nitrogens with zero attached hydrogens (tertiary/aromatic N) is 2. The smallest absolute Gasteiger partial charge is 0.126 e. The fraction of sp³-hybridized carbons (Fsp3) is 0.400. The third-order valence-corrected chi connectivity index (χ3v) is 3.46. The van der Waals surface area contributed by atoms with Crippen LogP contribution in [-0.4, -0.2) is 16.3 Å². The molecule has 2 aromatic rings. The topological polar surface area (TPSA) is 29.9 Å². The molecule has 3 nitrogen and oxygen atoms in total. The first-order chi connectivity index (χ1) is 10.1.